The second-order valence-corrected chi connectivity index (χ2v) is 7.06. The molecule has 0 radical (unpaired) electrons. The molecule has 0 aliphatic carbocycles. The van der Waals surface area contributed by atoms with E-state index in [9.17, 15) is 4.79 Å². The summed E-state index contributed by atoms with van der Waals surface area (Å²) in [4.78, 5) is 14.9. The maximum absolute atomic E-state index is 12.5. The topological polar surface area (TPSA) is 58.4 Å². The number of carbonyl (C=O) groups excluding carboxylic acids is 1. The first-order valence-electron chi connectivity index (χ1n) is 8.27. The molecule has 0 spiro atoms. The van der Waals surface area contributed by atoms with Gasteiger partial charge in [-0.25, -0.2) is 0 Å². The molecule has 0 unspecified atom stereocenters. The molecular weight excluding hydrogens is 366 g/mol. The number of aryl methyl sites for hydroxylation is 1. The number of anilines is 3. The highest BCUT2D eigenvalue weighted by molar-refractivity contribution is 9.10. The van der Waals surface area contributed by atoms with E-state index in [1.807, 2.05) is 30.3 Å². The number of nitrogens with one attached hydrogen (secondary N) is 1. The molecule has 0 bridgehead atoms. The molecule has 24 heavy (non-hydrogen) atoms. The Kier molecular flexibility index (Phi) is 5.09. The molecule has 1 aliphatic rings. The van der Waals surface area contributed by atoms with E-state index in [0.29, 0.717) is 16.9 Å². The zero-order valence-corrected chi connectivity index (χ0v) is 15.4. The van der Waals surface area contributed by atoms with Gasteiger partial charge in [0.1, 0.15) is 0 Å². The van der Waals surface area contributed by atoms with E-state index >= 15 is 0 Å². The predicted octanol–water partition coefficient (Wildman–Crippen LogP) is 4.58. The summed E-state index contributed by atoms with van der Waals surface area (Å²) in [5, 5.41) is 2.95. The number of nitrogens with zero attached hydrogens (tertiary/aromatic N) is 1. The molecule has 2 aromatic rings. The fraction of sp³-hybridized carbons (Fsp3) is 0.316. The molecule has 0 saturated carbocycles. The Morgan fingerprint density at radius 2 is 1.88 bits per heavy atom. The van der Waals surface area contributed by atoms with Crippen LogP contribution >= 0.6 is 15.9 Å². The largest absolute Gasteiger partial charge is 0.397 e. The zero-order valence-electron chi connectivity index (χ0n) is 13.8. The highest BCUT2D eigenvalue weighted by Gasteiger charge is 2.17. The van der Waals surface area contributed by atoms with Gasteiger partial charge in [-0.3, -0.25) is 4.79 Å². The van der Waals surface area contributed by atoms with Gasteiger partial charge in [-0.1, -0.05) is 12.1 Å². The quantitative estimate of drug-likeness (QED) is 0.757. The highest BCUT2D eigenvalue weighted by atomic mass is 79.9. The van der Waals surface area contributed by atoms with Crippen LogP contribution in [0.25, 0.3) is 0 Å². The summed E-state index contributed by atoms with van der Waals surface area (Å²) in [6, 6.07) is 11.3. The van der Waals surface area contributed by atoms with Crippen molar-refractivity contribution in [3.63, 3.8) is 0 Å². The Morgan fingerprint density at radius 1 is 1.17 bits per heavy atom. The number of amides is 1. The molecule has 0 atom stereocenters. The second kappa shape index (κ2) is 7.26. The van der Waals surface area contributed by atoms with Crippen LogP contribution in [0.15, 0.2) is 40.9 Å². The van der Waals surface area contributed by atoms with Gasteiger partial charge in [-0.05, 0) is 71.9 Å². The third kappa shape index (κ3) is 3.56. The number of nitrogen functional groups attached to an aromatic ring is 1. The van der Waals surface area contributed by atoms with E-state index in [1.54, 1.807) is 6.07 Å². The third-order valence-corrected chi connectivity index (χ3v) is 5.12. The van der Waals surface area contributed by atoms with Crippen molar-refractivity contribution in [2.75, 3.05) is 29.0 Å². The lowest BCUT2D eigenvalue weighted by molar-refractivity contribution is 0.102. The first-order chi connectivity index (χ1) is 11.6. The van der Waals surface area contributed by atoms with E-state index in [4.69, 9.17) is 5.73 Å². The molecule has 1 aliphatic heterocycles. The van der Waals surface area contributed by atoms with Gasteiger partial charge in [0.2, 0.25) is 0 Å². The second-order valence-electron chi connectivity index (χ2n) is 6.21. The normalized spacial score (nSPS) is 14.5. The van der Waals surface area contributed by atoms with Gasteiger partial charge in [0.15, 0.2) is 0 Å². The SMILES string of the molecule is Cc1cc(N)c(NC(=O)c2ccccc2Br)cc1N1CCCCC1. The van der Waals surface area contributed by atoms with E-state index in [0.717, 1.165) is 28.8 Å². The van der Waals surface area contributed by atoms with Crippen LogP contribution in [0.4, 0.5) is 17.1 Å². The molecule has 126 valence electrons. The molecule has 2 aromatic carbocycles. The van der Waals surface area contributed by atoms with Crippen molar-refractivity contribution < 1.29 is 4.79 Å². The van der Waals surface area contributed by atoms with Crippen molar-refractivity contribution in [1.29, 1.82) is 0 Å². The predicted molar refractivity (Wildman–Crippen MR) is 104 cm³/mol. The molecule has 1 fully saturated rings. The first-order valence-corrected chi connectivity index (χ1v) is 9.06. The molecule has 3 rings (SSSR count). The van der Waals surface area contributed by atoms with Crippen molar-refractivity contribution in [3.8, 4) is 0 Å². The van der Waals surface area contributed by atoms with Crippen LogP contribution in [-0.2, 0) is 0 Å². The van der Waals surface area contributed by atoms with Crippen LogP contribution < -0.4 is 16.0 Å². The molecule has 0 aromatic heterocycles. The number of halogens is 1. The van der Waals surface area contributed by atoms with Gasteiger partial charge in [-0.2, -0.15) is 0 Å². The summed E-state index contributed by atoms with van der Waals surface area (Å²) in [5.41, 5.74) is 10.3. The number of piperidine rings is 1. The molecule has 3 N–H and O–H groups in total. The van der Waals surface area contributed by atoms with Crippen LogP contribution in [0, 0.1) is 6.92 Å². The average molecular weight is 388 g/mol. The summed E-state index contributed by atoms with van der Waals surface area (Å²) in [6.45, 7) is 4.18. The van der Waals surface area contributed by atoms with Gasteiger partial charge in [0.25, 0.3) is 5.91 Å². The minimum Gasteiger partial charge on any atom is -0.397 e. The van der Waals surface area contributed by atoms with Gasteiger partial charge in [0, 0.05) is 23.2 Å². The Hall–Kier alpha value is -2.01. The monoisotopic (exact) mass is 387 g/mol. The molecule has 1 saturated heterocycles. The molecule has 4 nitrogen and oxygen atoms in total. The van der Waals surface area contributed by atoms with Crippen molar-refractivity contribution in [3.05, 3.63) is 52.0 Å². The van der Waals surface area contributed by atoms with E-state index < -0.39 is 0 Å². The zero-order chi connectivity index (χ0) is 17.1. The Morgan fingerprint density at radius 3 is 2.58 bits per heavy atom. The third-order valence-electron chi connectivity index (χ3n) is 4.43. The summed E-state index contributed by atoms with van der Waals surface area (Å²) in [6.07, 6.45) is 3.71. The molecular formula is C19H22BrN3O. The summed E-state index contributed by atoms with van der Waals surface area (Å²) in [7, 11) is 0. The number of benzene rings is 2. The lowest BCUT2D eigenvalue weighted by Crippen LogP contribution is -2.30. The van der Waals surface area contributed by atoms with Crippen molar-refractivity contribution >= 4 is 38.9 Å². The average Bonchev–Trinajstić information content (AvgIpc) is 2.58. The minimum absolute atomic E-state index is 0.164. The van der Waals surface area contributed by atoms with Crippen LogP contribution in [0.1, 0.15) is 35.2 Å². The Labute approximate surface area is 151 Å². The van der Waals surface area contributed by atoms with Gasteiger partial charge in [-0.15, -0.1) is 0 Å². The number of carbonyl (C=O) groups is 1. The minimum atomic E-state index is -0.164. The summed E-state index contributed by atoms with van der Waals surface area (Å²) in [5.74, 6) is -0.164. The lowest BCUT2D eigenvalue weighted by atomic mass is 10.1. The number of rotatable bonds is 3. The standard InChI is InChI=1S/C19H22BrN3O/c1-13-11-16(21)17(12-18(13)23-9-5-2-6-10-23)22-19(24)14-7-3-4-8-15(14)20/h3-4,7-8,11-12H,2,5-6,9-10,21H2,1H3,(H,22,24). The smallest absolute Gasteiger partial charge is 0.256 e. The van der Waals surface area contributed by atoms with Crippen molar-refractivity contribution in [2.45, 2.75) is 26.2 Å². The maximum Gasteiger partial charge on any atom is 0.256 e. The van der Waals surface area contributed by atoms with E-state index in [-0.39, 0.29) is 5.91 Å². The Bertz CT molecular complexity index is 754. The number of hydrogen-bond donors (Lipinski definition) is 2. The number of hydrogen-bond acceptors (Lipinski definition) is 3. The van der Waals surface area contributed by atoms with Gasteiger partial charge < -0.3 is 16.0 Å². The first kappa shape index (κ1) is 16.8. The molecule has 1 heterocycles. The van der Waals surface area contributed by atoms with Gasteiger partial charge >= 0.3 is 0 Å². The summed E-state index contributed by atoms with van der Waals surface area (Å²) < 4.78 is 0.768. The van der Waals surface area contributed by atoms with Crippen molar-refractivity contribution in [2.24, 2.45) is 0 Å². The molecule has 1 amide bonds. The summed E-state index contributed by atoms with van der Waals surface area (Å²) >= 11 is 3.42. The fourth-order valence-electron chi connectivity index (χ4n) is 3.14. The van der Waals surface area contributed by atoms with E-state index in [1.165, 1.54) is 19.3 Å². The van der Waals surface area contributed by atoms with Crippen LogP contribution in [0.3, 0.4) is 0 Å². The maximum atomic E-state index is 12.5. The number of nitrogens with two attached hydrogens (primary N) is 1. The lowest BCUT2D eigenvalue weighted by Gasteiger charge is -2.31. The Balaban J connectivity index is 1.87. The van der Waals surface area contributed by atoms with Crippen LogP contribution in [0.5, 0.6) is 0 Å². The van der Waals surface area contributed by atoms with Crippen LogP contribution in [0.2, 0.25) is 0 Å². The molecule has 5 heteroatoms. The van der Waals surface area contributed by atoms with Gasteiger partial charge in [0.05, 0.1) is 16.9 Å². The fourth-order valence-corrected chi connectivity index (χ4v) is 3.60. The van der Waals surface area contributed by atoms with E-state index in [2.05, 4.69) is 33.1 Å². The van der Waals surface area contributed by atoms with Crippen LogP contribution in [-0.4, -0.2) is 19.0 Å². The van der Waals surface area contributed by atoms with Crippen molar-refractivity contribution in [1.82, 2.24) is 0 Å². The highest BCUT2D eigenvalue weighted by Crippen LogP contribution is 2.32.